The normalized spacial score (nSPS) is 9.96. The number of allylic oxidation sites excluding steroid dienone is 4. The van der Waals surface area contributed by atoms with Gasteiger partial charge in [0.15, 0.2) is 0 Å². The van der Waals surface area contributed by atoms with E-state index in [1.807, 2.05) is 13.8 Å². The summed E-state index contributed by atoms with van der Waals surface area (Å²) in [5, 5.41) is 0. The summed E-state index contributed by atoms with van der Waals surface area (Å²) in [4.78, 5) is 0. The molecular weight excluding hydrogens is 312 g/mol. The van der Waals surface area contributed by atoms with Gasteiger partial charge in [-0.2, -0.15) is 0 Å². The summed E-state index contributed by atoms with van der Waals surface area (Å²) in [6, 6.07) is 0. The first-order chi connectivity index (χ1) is 9.89. The lowest BCUT2D eigenvalue weighted by molar-refractivity contribution is 0.398. The molecule has 0 N–H and O–H groups in total. The summed E-state index contributed by atoms with van der Waals surface area (Å²) < 4.78 is 0. The molecule has 0 spiro atoms. The largest absolute Gasteiger partial charge is 0.0911 e. The zero-order valence-corrected chi connectivity index (χ0v) is 19.4. The molecule has 0 amide bonds. The highest BCUT2D eigenvalue weighted by molar-refractivity contribution is 4.89. The minimum Gasteiger partial charge on any atom is -0.0911 e. The van der Waals surface area contributed by atoms with Crippen LogP contribution in [0.3, 0.4) is 0 Å². The predicted molar refractivity (Wildman–Crippen MR) is 134 cm³/mol. The molecule has 0 nitrogen and oxygen atoms in total. The number of hydrogen-bond donors (Lipinski definition) is 0. The van der Waals surface area contributed by atoms with Crippen LogP contribution in [0, 0.1) is 16.2 Å². The zero-order valence-electron chi connectivity index (χ0n) is 19.4. The van der Waals surface area contributed by atoms with Crippen LogP contribution in [0.25, 0.3) is 0 Å². The van der Waals surface area contributed by atoms with E-state index in [4.69, 9.17) is 0 Å². The Morgan fingerprint density at radius 3 is 0.885 bits per heavy atom. The van der Waals surface area contributed by atoms with E-state index in [1.165, 1.54) is 12.0 Å². The standard InChI is InChI=1S/C7H14.C6H14.C5H12.C5H10.3CH4/c1-5-6-7(2,3)4;1-5-6(2,3)4;1-5(2,3)4;1-4-5(2)3;;;/h5-6H,1-4H3;5H2,1-4H3;1-4H3;4H,1-3H3;3*1H4. The highest BCUT2D eigenvalue weighted by Crippen LogP contribution is 2.16. The van der Waals surface area contributed by atoms with Crippen LogP contribution in [-0.4, -0.2) is 0 Å². The minimum absolute atomic E-state index is 0. The van der Waals surface area contributed by atoms with Crippen molar-refractivity contribution in [2.24, 2.45) is 16.2 Å². The molecule has 0 atom stereocenters. The van der Waals surface area contributed by atoms with Crippen molar-refractivity contribution < 1.29 is 0 Å². The van der Waals surface area contributed by atoms with Gasteiger partial charge in [0.2, 0.25) is 0 Å². The molecule has 0 aromatic heterocycles. The summed E-state index contributed by atoms with van der Waals surface area (Å²) >= 11 is 0. The maximum absolute atomic E-state index is 2.24. The van der Waals surface area contributed by atoms with Crippen LogP contribution in [0.4, 0.5) is 0 Å². The Kier molecular flexibility index (Phi) is 38.7. The topological polar surface area (TPSA) is 0 Å². The summed E-state index contributed by atoms with van der Waals surface area (Å²) in [5.41, 5.74) is 2.79. The van der Waals surface area contributed by atoms with Crippen molar-refractivity contribution >= 4 is 0 Å². The Labute approximate surface area is 173 Å². The second-order valence-corrected chi connectivity index (χ2v) is 10.1. The third kappa shape index (κ3) is 165. The molecular formula is C26H62. The maximum atomic E-state index is 2.24. The smallest absolute Gasteiger partial charge is 0.0203 e. The third-order valence-electron chi connectivity index (χ3n) is 2.30. The van der Waals surface area contributed by atoms with E-state index in [0.29, 0.717) is 16.2 Å². The van der Waals surface area contributed by atoms with Gasteiger partial charge in [-0.25, -0.2) is 0 Å². The van der Waals surface area contributed by atoms with Gasteiger partial charge < -0.3 is 0 Å². The fraction of sp³-hybridized carbons (Fsp3) is 0.846. The quantitative estimate of drug-likeness (QED) is 0.370. The van der Waals surface area contributed by atoms with Gasteiger partial charge in [0.05, 0.1) is 0 Å². The second-order valence-electron chi connectivity index (χ2n) is 10.1. The molecule has 0 heterocycles. The molecule has 26 heavy (non-hydrogen) atoms. The molecule has 0 bridgehead atoms. The SMILES string of the molecule is C.C.C.CC(C)(C)C.CC=C(C)C.CC=CC(C)(C)C.CCC(C)(C)C. The third-order valence-corrected chi connectivity index (χ3v) is 2.30. The van der Waals surface area contributed by atoms with E-state index in [2.05, 4.69) is 108 Å². The van der Waals surface area contributed by atoms with Gasteiger partial charge in [-0.3, -0.25) is 0 Å². The van der Waals surface area contributed by atoms with Crippen molar-refractivity contribution in [2.75, 3.05) is 0 Å². The highest BCUT2D eigenvalue weighted by atomic mass is 14.1. The summed E-state index contributed by atoms with van der Waals surface area (Å²) in [6.07, 6.45) is 7.62. The highest BCUT2D eigenvalue weighted by Gasteiger charge is 2.03. The Bertz CT molecular complexity index is 271. The monoisotopic (exact) mass is 374 g/mol. The van der Waals surface area contributed by atoms with Crippen molar-refractivity contribution in [1.82, 2.24) is 0 Å². The van der Waals surface area contributed by atoms with Crippen molar-refractivity contribution in [2.45, 2.75) is 133 Å². The molecule has 0 aliphatic rings. The number of rotatable bonds is 0. The fourth-order valence-electron chi connectivity index (χ4n) is 0.500. The van der Waals surface area contributed by atoms with Gasteiger partial charge in [0.1, 0.15) is 0 Å². The van der Waals surface area contributed by atoms with E-state index in [0.717, 1.165) is 0 Å². The first-order valence-electron chi connectivity index (χ1n) is 9.13. The van der Waals surface area contributed by atoms with Gasteiger partial charge >= 0.3 is 0 Å². The summed E-state index contributed by atoms with van der Waals surface area (Å²) in [5.74, 6) is 0. The molecule has 0 saturated carbocycles. The molecule has 0 aromatic rings. The Morgan fingerprint density at radius 2 is 0.885 bits per heavy atom. The van der Waals surface area contributed by atoms with Gasteiger partial charge in [0.25, 0.3) is 0 Å². The van der Waals surface area contributed by atoms with Crippen molar-refractivity contribution in [3.63, 3.8) is 0 Å². The van der Waals surface area contributed by atoms with Gasteiger partial charge in [-0.15, -0.1) is 0 Å². The summed E-state index contributed by atoms with van der Waals surface area (Å²) in [6.45, 7) is 32.5. The average Bonchev–Trinajstić information content (AvgIpc) is 2.25. The van der Waals surface area contributed by atoms with Crippen LogP contribution < -0.4 is 0 Å². The predicted octanol–water partition coefficient (Wildman–Crippen LogP) is 11.0. The molecule has 0 rings (SSSR count). The fourth-order valence-corrected chi connectivity index (χ4v) is 0.500. The van der Waals surface area contributed by atoms with E-state index >= 15 is 0 Å². The van der Waals surface area contributed by atoms with Crippen molar-refractivity contribution in [3.05, 3.63) is 23.8 Å². The van der Waals surface area contributed by atoms with E-state index in [1.54, 1.807) is 0 Å². The maximum Gasteiger partial charge on any atom is -0.0203 e. The molecule has 0 aliphatic heterocycles. The zero-order chi connectivity index (χ0) is 19.9. The Balaban J connectivity index is -0.0000000360. The van der Waals surface area contributed by atoms with Crippen LogP contribution in [0.1, 0.15) is 133 Å². The van der Waals surface area contributed by atoms with Crippen LogP contribution in [-0.2, 0) is 0 Å². The van der Waals surface area contributed by atoms with E-state index in [9.17, 15) is 0 Å². The van der Waals surface area contributed by atoms with Crippen LogP contribution in [0.2, 0.25) is 0 Å². The van der Waals surface area contributed by atoms with Crippen LogP contribution >= 0.6 is 0 Å². The molecule has 166 valence electrons. The van der Waals surface area contributed by atoms with E-state index < -0.39 is 0 Å². The lowest BCUT2D eigenvalue weighted by Crippen LogP contribution is -2.00. The number of hydrogen-bond acceptors (Lipinski definition) is 0. The van der Waals surface area contributed by atoms with Crippen molar-refractivity contribution in [1.29, 1.82) is 0 Å². The van der Waals surface area contributed by atoms with Crippen LogP contribution in [0.15, 0.2) is 23.8 Å². The van der Waals surface area contributed by atoms with Crippen LogP contribution in [0.5, 0.6) is 0 Å². The summed E-state index contributed by atoms with van der Waals surface area (Å²) in [7, 11) is 0. The molecule has 0 fully saturated rings. The first-order valence-corrected chi connectivity index (χ1v) is 9.13. The molecule has 0 saturated heterocycles. The Hall–Kier alpha value is -0.520. The lowest BCUT2D eigenvalue weighted by Gasteiger charge is -2.12. The van der Waals surface area contributed by atoms with Gasteiger partial charge in [0, 0.05) is 0 Å². The minimum atomic E-state index is 0. The molecule has 0 heteroatoms. The Morgan fingerprint density at radius 1 is 0.692 bits per heavy atom. The average molecular weight is 375 g/mol. The second kappa shape index (κ2) is 22.5. The first kappa shape index (κ1) is 44.7. The van der Waals surface area contributed by atoms with Crippen molar-refractivity contribution in [3.8, 4) is 0 Å². The lowest BCUT2D eigenvalue weighted by atomic mass is 9.94. The van der Waals surface area contributed by atoms with Gasteiger partial charge in [-0.05, 0) is 43.9 Å². The molecule has 0 aliphatic carbocycles. The molecule has 0 aromatic carbocycles. The molecule has 0 unspecified atom stereocenters. The molecule has 0 radical (unpaired) electrons. The van der Waals surface area contributed by atoms with Gasteiger partial charge in [-0.1, -0.05) is 129 Å². The van der Waals surface area contributed by atoms with E-state index in [-0.39, 0.29) is 22.3 Å².